The molecule has 0 spiro atoms. The Morgan fingerprint density at radius 3 is 2.81 bits per heavy atom. The second-order valence-electron chi connectivity index (χ2n) is 4.26. The van der Waals surface area contributed by atoms with E-state index in [1.807, 2.05) is 0 Å². The van der Waals surface area contributed by atoms with Gasteiger partial charge in [-0.15, -0.1) is 0 Å². The van der Waals surface area contributed by atoms with E-state index in [0.717, 1.165) is 0 Å². The van der Waals surface area contributed by atoms with Crippen molar-refractivity contribution in [3.8, 4) is 0 Å². The van der Waals surface area contributed by atoms with Crippen molar-refractivity contribution < 1.29 is 23.8 Å². The lowest BCUT2D eigenvalue weighted by Crippen LogP contribution is -2.05. The normalized spacial score (nSPS) is 10.2. The Balaban J connectivity index is 2.08. The molecular weight excluding hydrogens is 276 g/mol. The number of anilines is 1. The summed E-state index contributed by atoms with van der Waals surface area (Å²) in [5.74, 6) is -0.217. The Morgan fingerprint density at radius 2 is 2.19 bits per heavy atom. The summed E-state index contributed by atoms with van der Waals surface area (Å²) < 4.78 is 9.95. The molecule has 110 valence electrons. The van der Waals surface area contributed by atoms with Gasteiger partial charge in [0.1, 0.15) is 22.9 Å². The van der Waals surface area contributed by atoms with E-state index in [4.69, 9.17) is 9.52 Å². The van der Waals surface area contributed by atoms with Crippen LogP contribution in [0.2, 0.25) is 0 Å². The van der Waals surface area contributed by atoms with E-state index in [2.05, 4.69) is 15.0 Å². The highest BCUT2D eigenvalue weighted by Gasteiger charge is 2.13. The van der Waals surface area contributed by atoms with Crippen LogP contribution < -0.4 is 5.32 Å². The molecule has 2 aromatic rings. The van der Waals surface area contributed by atoms with Gasteiger partial charge in [-0.1, -0.05) is 0 Å². The van der Waals surface area contributed by atoms with Crippen LogP contribution >= 0.6 is 0 Å². The Labute approximate surface area is 120 Å². The minimum Gasteiger partial charge on any atom is -0.478 e. The molecule has 2 aromatic heterocycles. The van der Waals surface area contributed by atoms with Crippen LogP contribution in [0.3, 0.4) is 0 Å². The fourth-order valence-electron chi connectivity index (χ4n) is 1.79. The standard InChI is InChI=1S/C14H14N2O5/c1-8-11(13(17)18)6-10(21-8)7-16-12-5-9(3-4-15-12)14(19)20-2/h3-6H,7H2,1-2H3,(H,15,16)(H,17,18). The summed E-state index contributed by atoms with van der Waals surface area (Å²) in [6, 6.07) is 4.53. The zero-order valence-electron chi connectivity index (χ0n) is 11.5. The van der Waals surface area contributed by atoms with Crippen molar-refractivity contribution >= 4 is 17.8 Å². The number of pyridine rings is 1. The first kappa shape index (κ1) is 14.6. The van der Waals surface area contributed by atoms with E-state index in [1.54, 1.807) is 13.0 Å². The van der Waals surface area contributed by atoms with Crippen LogP contribution in [0.1, 0.15) is 32.2 Å². The van der Waals surface area contributed by atoms with Crippen LogP contribution in [0.4, 0.5) is 5.82 Å². The third kappa shape index (κ3) is 3.38. The van der Waals surface area contributed by atoms with Gasteiger partial charge in [0.2, 0.25) is 0 Å². The molecule has 2 rings (SSSR count). The Morgan fingerprint density at radius 1 is 1.43 bits per heavy atom. The van der Waals surface area contributed by atoms with E-state index in [-0.39, 0.29) is 12.1 Å². The van der Waals surface area contributed by atoms with Crippen molar-refractivity contribution in [1.29, 1.82) is 0 Å². The number of hydrogen-bond acceptors (Lipinski definition) is 6. The van der Waals surface area contributed by atoms with Crippen molar-refractivity contribution in [3.05, 3.63) is 47.0 Å². The number of ether oxygens (including phenoxy) is 1. The monoisotopic (exact) mass is 290 g/mol. The third-order valence-corrected chi connectivity index (χ3v) is 2.82. The number of methoxy groups -OCH3 is 1. The number of furan rings is 1. The quantitative estimate of drug-likeness (QED) is 0.813. The van der Waals surface area contributed by atoms with E-state index in [0.29, 0.717) is 22.9 Å². The smallest absolute Gasteiger partial charge is 0.339 e. The summed E-state index contributed by atoms with van der Waals surface area (Å²) in [7, 11) is 1.30. The van der Waals surface area contributed by atoms with Crippen LogP contribution in [0.15, 0.2) is 28.8 Å². The fraction of sp³-hybridized carbons (Fsp3) is 0.214. The highest BCUT2D eigenvalue weighted by Crippen LogP contribution is 2.16. The number of rotatable bonds is 5. The predicted molar refractivity (Wildman–Crippen MR) is 73.3 cm³/mol. The molecule has 0 aliphatic heterocycles. The lowest BCUT2D eigenvalue weighted by molar-refractivity contribution is 0.0599. The molecule has 0 saturated heterocycles. The molecule has 0 aliphatic carbocycles. The summed E-state index contributed by atoms with van der Waals surface area (Å²) in [6.07, 6.45) is 1.48. The average molecular weight is 290 g/mol. The lowest BCUT2D eigenvalue weighted by Gasteiger charge is -2.05. The topological polar surface area (TPSA) is 102 Å². The molecule has 2 heterocycles. The van der Waals surface area contributed by atoms with Gasteiger partial charge in [-0.3, -0.25) is 0 Å². The van der Waals surface area contributed by atoms with Crippen molar-refractivity contribution in [2.24, 2.45) is 0 Å². The van der Waals surface area contributed by atoms with Gasteiger partial charge < -0.3 is 19.6 Å². The summed E-state index contributed by atoms with van der Waals surface area (Å²) in [6.45, 7) is 1.84. The van der Waals surface area contributed by atoms with E-state index in [9.17, 15) is 9.59 Å². The van der Waals surface area contributed by atoms with E-state index in [1.165, 1.54) is 25.4 Å². The first-order valence-electron chi connectivity index (χ1n) is 6.12. The van der Waals surface area contributed by atoms with Crippen LogP contribution in [-0.4, -0.2) is 29.1 Å². The highest BCUT2D eigenvalue weighted by molar-refractivity contribution is 5.90. The third-order valence-electron chi connectivity index (χ3n) is 2.82. The predicted octanol–water partition coefficient (Wildman–Crippen LogP) is 2.08. The number of aryl methyl sites for hydroxylation is 1. The van der Waals surface area contributed by atoms with Crippen LogP contribution in [0, 0.1) is 6.92 Å². The number of aromatic nitrogens is 1. The molecule has 0 atom stereocenters. The molecule has 0 bridgehead atoms. The first-order chi connectivity index (χ1) is 10.0. The first-order valence-corrected chi connectivity index (χ1v) is 6.12. The molecular formula is C14H14N2O5. The summed E-state index contributed by atoms with van der Waals surface area (Å²) in [5, 5.41) is 11.9. The number of hydrogen-bond donors (Lipinski definition) is 2. The molecule has 0 aromatic carbocycles. The van der Waals surface area contributed by atoms with Crippen molar-refractivity contribution in [2.75, 3.05) is 12.4 Å². The number of aromatic carboxylic acids is 1. The number of carboxylic acids is 1. The fourth-order valence-corrected chi connectivity index (χ4v) is 1.79. The largest absolute Gasteiger partial charge is 0.478 e. The number of carbonyl (C=O) groups is 2. The molecule has 0 saturated carbocycles. The van der Waals surface area contributed by atoms with Gasteiger partial charge in [0, 0.05) is 6.20 Å². The molecule has 0 aliphatic rings. The average Bonchev–Trinajstić information content (AvgIpc) is 2.86. The van der Waals surface area contributed by atoms with Gasteiger partial charge in [-0.2, -0.15) is 0 Å². The van der Waals surface area contributed by atoms with Crippen molar-refractivity contribution in [1.82, 2.24) is 4.98 Å². The molecule has 2 N–H and O–H groups in total. The maximum atomic E-state index is 11.4. The van der Waals surface area contributed by atoms with Crippen LogP contribution in [-0.2, 0) is 11.3 Å². The van der Waals surface area contributed by atoms with Gasteiger partial charge >= 0.3 is 11.9 Å². The van der Waals surface area contributed by atoms with Crippen LogP contribution in [0.5, 0.6) is 0 Å². The number of carboxylic acid groups (broad SMARTS) is 1. The molecule has 0 fully saturated rings. The van der Waals surface area contributed by atoms with E-state index < -0.39 is 11.9 Å². The summed E-state index contributed by atoms with van der Waals surface area (Å²) >= 11 is 0. The number of nitrogens with one attached hydrogen (secondary N) is 1. The van der Waals surface area contributed by atoms with Gasteiger partial charge in [-0.25, -0.2) is 14.6 Å². The maximum absolute atomic E-state index is 11.4. The number of esters is 1. The zero-order chi connectivity index (χ0) is 15.4. The summed E-state index contributed by atoms with van der Waals surface area (Å²) in [5.41, 5.74) is 0.500. The second-order valence-corrected chi connectivity index (χ2v) is 4.26. The molecule has 7 heteroatoms. The van der Waals surface area contributed by atoms with Crippen LogP contribution in [0.25, 0.3) is 0 Å². The molecule has 7 nitrogen and oxygen atoms in total. The maximum Gasteiger partial charge on any atom is 0.339 e. The van der Waals surface area contributed by atoms with Gasteiger partial charge in [-0.05, 0) is 25.1 Å². The molecule has 0 amide bonds. The summed E-state index contributed by atoms with van der Waals surface area (Å²) in [4.78, 5) is 26.4. The van der Waals surface area contributed by atoms with Crippen molar-refractivity contribution in [3.63, 3.8) is 0 Å². The Hall–Kier alpha value is -2.83. The van der Waals surface area contributed by atoms with E-state index >= 15 is 0 Å². The minimum absolute atomic E-state index is 0.128. The number of nitrogens with zero attached hydrogens (tertiary/aromatic N) is 1. The lowest BCUT2D eigenvalue weighted by atomic mass is 10.2. The van der Waals surface area contributed by atoms with Gasteiger partial charge in [0.05, 0.1) is 19.2 Å². The second kappa shape index (κ2) is 6.08. The zero-order valence-corrected chi connectivity index (χ0v) is 11.5. The van der Waals surface area contributed by atoms with Gasteiger partial charge in [0.15, 0.2) is 0 Å². The Kier molecular flexibility index (Phi) is 4.22. The SMILES string of the molecule is COC(=O)c1ccnc(NCc2cc(C(=O)O)c(C)o2)c1. The molecule has 0 unspecified atom stereocenters. The van der Waals surface area contributed by atoms with Gasteiger partial charge in [0.25, 0.3) is 0 Å². The molecule has 21 heavy (non-hydrogen) atoms. The Bertz CT molecular complexity index is 678. The highest BCUT2D eigenvalue weighted by atomic mass is 16.5. The molecule has 0 radical (unpaired) electrons. The minimum atomic E-state index is -1.03. The number of carbonyl (C=O) groups excluding carboxylic acids is 1. The van der Waals surface area contributed by atoms with Crippen molar-refractivity contribution in [2.45, 2.75) is 13.5 Å².